The Morgan fingerprint density at radius 1 is 1.40 bits per heavy atom. The van der Waals surface area contributed by atoms with E-state index in [-0.39, 0.29) is 18.1 Å². The maximum Gasteiger partial charge on any atom is 0.339 e. The van der Waals surface area contributed by atoms with Crippen LogP contribution >= 0.6 is 0 Å². The van der Waals surface area contributed by atoms with Gasteiger partial charge in [0.05, 0.1) is 12.7 Å². The van der Waals surface area contributed by atoms with Crippen molar-refractivity contribution in [3.05, 3.63) is 41.1 Å². The van der Waals surface area contributed by atoms with Crippen molar-refractivity contribution in [2.75, 3.05) is 0 Å². The Kier molecular flexibility index (Phi) is 4.04. The van der Waals surface area contributed by atoms with Crippen LogP contribution in [0.5, 0.6) is 0 Å². The number of hydrogen-bond acceptors (Lipinski definition) is 4. The molecule has 0 aliphatic carbocycles. The molecule has 2 aromatic rings. The molecule has 8 heteroatoms. The second-order valence-electron chi connectivity index (χ2n) is 4.13. The molecule has 2 heterocycles. The average molecular weight is 278 g/mol. The predicted molar refractivity (Wildman–Crippen MR) is 68.1 cm³/mol. The molecule has 0 unspecified atom stereocenters. The van der Waals surface area contributed by atoms with Gasteiger partial charge >= 0.3 is 12.0 Å². The molecule has 0 aliphatic heterocycles. The number of H-pyrrole nitrogens is 1. The highest BCUT2D eigenvalue weighted by molar-refractivity contribution is 5.88. The molecule has 8 nitrogen and oxygen atoms in total. The van der Waals surface area contributed by atoms with Crippen LogP contribution in [0.15, 0.2) is 22.9 Å². The number of carbonyl (C=O) groups excluding carboxylic acids is 1. The Morgan fingerprint density at radius 2 is 2.15 bits per heavy atom. The third-order valence-corrected chi connectivity index (χ3v) is 2.63. The average Bonchev–Trinajstić information content (AvgIpc) is 3.03. The van der Waals surface area contributed by atoms with Crippen LogP contribution in [0.25, 0.3) is 0 Å². The maximum absolute atomic E-state index is 11.5. The Bertz CT molecular complexity index is 603. The molecule has 0 saturated carbocycles. The Morgan fingerprint density at radius 3 is 2.75 bits per heavy atom. The molecule has 4 N–H and O–H groups in total. The molecule has 106 valence electrons. The highest BCUT2D eigenvalue weighted by Crippen LogP contribution is 2.14. The van der Waals surface area contributed by atoms with E-state index >= 15 is 0 Å². The molecule has 20 heavy (non-hydrogen) atoms. The number of aromatic nitrogens is 2. The summed E-state index contributed by atoms with van der Waals surface area (Å²) in [6, 6.07) is 1.02. The first-order valence-electron chi connectivity index (χ1n) is 5.88. The van der Waals surface area contributed by atoms with E-state index in [4.69, 9.17) is 9.52 Å². The monoisotopic (exact) mass is 278 g/mol. The molecule has 0 saturated heterocycles. The van der Waals surface area contributed by atoms with Crippen molar-refractivity contribution in [1.82, 2.24) is 20.8 Å². The second-order valence-corrected chi connectivity index (χ2v) is 4.13. The predicted octanol–water partition coefficient (Wildman–Crippen LogP) is 1.01. The van der Waals surface area contributed by atoms with E-state index in [1.54, 1.807) is 19.3 Å². The van der Waals surface area contributed by atoms with E-state index in [0.29, 0.717) is 18.1 Å². The minimum absolute atomic E-state index is 0.0978. The summed E-state index contributed by atoms with van der Waals surface area (Å²) in [4.78, 5) is 22.4. The second kappa shape index (κ2) is 5.91. The van der Waals surface area contributed by atoms with Gasteiger partial charge in [-0.15, -0.1) is 0 Å². The van der Waals surface area contributed by atoms with Gasteiger partial charge in [0.25, 0.3) is 0 Å². The molecular formula is C12H14N4O4. The zero-order chi connectivity index (χ0) is 14.5. The van der Waals surface area contributed by atoms with E-state index in [9.17, 15) is 9.59 Å². The van der Waals surface area contributed by atoms with E-state index in [1.165, 1.54) is 6.07 Å². The molecule has 0 spiro atoms. The Balaban J connectivity index is 1.81. The van der Waals surface area contributed by atoms with E-state index < -0.39 is 5.97 Å². The molecular weight excluding hydrogens is 264 g/mol. The summed E-state index contributed by atoms with van der Waals surface area (Å²) in [6.45, 7) is 2.02. The quantitative estimate of drug-likeness (QED) is 0.650. The van der Waals surface area contributed by atoms with Crippen molar-refractivity contribution in [3.63, 3.8) is 0 Å². The van der Waals surface area contributed by atoms with Gasteiger partial charge < -0.3 is 20.2 Å². The van der Waals surface area contributed by atoms with Crippen LogP contribution in [0.2, 0.25) is 0 Å². The third-order valence-electron chi connectivity index (χ3n) is 2.63. The molecule has 0 fully saturated rings. The first-order chi connectivity index (χ1) is 9.56. The van der Waals surface area contributed by atoms with Gasteiger partial charge in [0, 0.05) is 18.3 Å². The van der Waals surface area contributed by atoms with Gasteiger partial charge in [-0.05, 0) is 13.0 Å². The number of nitrogens with one attached hydrogen (secondary N) is 3. The van der Waals surface area contributed by atoms with Crippen LogP contribution < -0.4 is 10.6 Å². The van der Waals surface area contributed by atoms with Crippen LogP contribution in [0.1, 0.15) is 27.4 Å². The number of carboxylic acids is 1. The van der Waals surface area contributed by atoms with Gasteiger partial charge in [-0.2, -0.15) is 5.10 Å². The summed E-state index contributed by atoms with van der Waals surface area (Å²) in [6.07, 6.45) is 3.28. The third kappa shape index (κ3) is 3.37. The normalized spacial score (nSPS) is 10.2. The van der Waals surface area contributed by atoms with E-state index in [0.717, 1.165) is 5.56 Å². The van der Waals surface area contributed by atoms with Crippen molar-refractivity contribution in [3.8, 4) is 0 Å². The molecule has 0 atom stereocenters. The lowest BCUT2D eigenvalue weighted by atomic mass is 10.2. The fourth-order valence-corrected chi connectivity index (χ4v) is 1.63. The SMILES string of the molecule is Cc1oc(CNC(=O)NCc2cn[nH]c2)cc1C(=O)O. The Labute approximate surface area is 114 Å². The number of furan rings is 1. The lowest BCUT2D eigenvalue weighted by molar-refractivity contribution is 0.0695. The molecule has 2 amide bonds. The van der Waals surface area contributed by atoms with Crippen molar-refractivity contribution < 1.29 is 19.1 Å². The Hall–Kier alpha value is -2.77. The number of amides is 2. The number of nitrogens with zero attached hydrogens (tertiary/aromatic N) is 1. The van der Waals surface area contributed by atoms with Crippen molar-refractivity contribution in [1.29, 1.82) is 0 Å². The first-order valence-corrected chi connectivity index (χ1v) is 5.88. The van der Waals surface area contributed by atoms with Crippen molar-refractivity contribution >= 4 is 12.0 Å². The fourth-order valence-electron chi connectivity index (χ4n) is 1.63. The van der Waals surface area contributed by atoms with Gasteiger partial charge in [-0.25, -0.2) is 9.59 Å². The zero-order valence-corrected chi connectivity index (χ0v) is 10.8. The van der Waals surface area contributed by atoms with Gasteiger partial charge in [-0.1, -0.05) is 0 Å². The molecule has 0 radical (unpaired) electrons. The molecule has 0 aliphatic rings. The number of aromatic amines is 1. The van der Waals surface area contributed by atoms with E-state index in [2.05, 4.69) is 20.8 Å². The lowest BCUT2D eigenvalue weighted by Crippen LogP contribution is -2.34. The van der Waals surface area contributed by atoms with Crippen LogP contribution in [0.4, 0.5) is 4.79 Å². The van der Waals surface area contributed by atoms with Crippen molar-refractivity contribution in [2.45, 2.75) is 20.0 Å². The number of carbonyl (C=O) groups is 2. The number of rotatable bonds is 5. The van der Waals surface area contributed by atoms with Crippen LogP contribution in [-0.2, 0) is 13.1 Å². The molecule has 0 bridgehead atoms. The smallest absolute Gasteiger partial charge is 0.339 e. The van der Waals surface area contributed by atoms with Gasteiger partial charge in [0.1, 0.15) is 17.1 Å². The van der Waals surface area contributed by atoms with Crippen LogP contribution in [0, 0.1) is 6.92 Å². The summed E-state index contributed by atoms with van der Waals surface area (Å²) in [7, 11) is 0. The highest BCUT2D eigenvalue weighted by atomic mass is 16.4. The summed E-state index contributed by atoms with van der Waals surface area (Å²) >= 11 is 0. The van der Waals surface area contributed by atoms with Crippen molar-refractivity contribution in [2.24, 2.45) is 0 Å². The highest BCUT2D eigenvalue weighted by Gasteiger charge is 2.13. The summed E-state index contributed by atoms with van der Waals surface area (Å²) in [5.74, 6) is -0.353. The minimum atomic E-state index is -1.05. The lowest BCUT2D eigenvalue weighted by Gasteiger charge is -2.04. The number of hydrogen-bond donors (Lipinski definition) is 4. The molecule has 2 rings (SSSR count). The van der Waals surface area contributed by atoms with E-state index in [1.807, 2.05) is 0 Å². The molecule has 2 aromatic heterocycles. The largest absolute Gasteiger partial charge is 0.478 e. The molecule has 0 aromatic carbocycles. The fraction of sp³-hybridized carbons (Fsp3) is 0.250. The first kappa shape index (κ1) is 13.7. The number of carboxylic acid groups (broad SMARTS) is 1. The number of aromatic carboxylic acids is 1. The van der Waals surface area contributed by atoms with Gasteiger partial charge in [0.15, 0.2) is 0 Å². The van der Waals surface area contributed by atoms with Crippen LogP contribution in [0.3, 0.4) is 0 Å². The summed E-state index contributed by atoms with van der Waals surface area (Å²) in [5, 5.41) is 20.5. The van der Waals surface area contributed by atoms with Gasteiger partial charge in [0.2, 0.25) is 0 Å². The number of aryl methyl sites for hydroxylation is 1. The zero-order valence-electron chi connectivity index (χ0n) is 10.8. The maximum atomic E-state index is 11.5. The van der Waals surface area contributed by atoms with Gasteiger partial charge in [-0.3, -0.25) is 5.10 Å². The van der Waals surface area contributed by atoms with Crippen LogP contribution in [-0.4, -0.2) is 27.3 Å². The standard InChI is InChI=1S/C12H14N4O4/c1-7-10(11(17)18)2-9(20-7)6-14-12(19)13-3-8-4-15-16-5-8/h2,4-5H,3,6H2,1H3,(H,15,16)(H,17,18)(H2,13,14,19). The summed E-state index contributed by atoms with van der Waals surface area (Å²) < 4.78 is 5.24. The minimum Gasteiger partial charge on any atom is -0.478 e. The summed E-state index contributed by atoms with van der Waals surface area (Å²) in [5.41, 5.74) is 0.947. The topological polar surface area (TPSA) is 120 Å². The number of urea groups is 1.